The highest BCUT2D eigenvalue weighted by molar-refractivity contribution is 6.31. The number of amides is 1. The monoisotopic (exact) mass is 340 g/mol. The number of rotatable bonds is 2. The van der Waals surface area contributed by atoms with E-state index in [1.165, 1.54) is 17.0 Å². The zero-order valence-corrected chi connectivity index (χ0v) is 12.5. The topological polar surface area (TPSA) is 46.3 Å². The molecule has 0 spiro atoms. The summed E-state index contributed by atoms with van der Waals surface area (Å²) in [7, 11) is 0. The van der Waals surface area contributed by atoms with Crippen LogP contribution in [0.25, 0.3) is 0 Å². The number of β-lactam (4-membered cyclic amide) rings is 1. The Morgan fingerprint density at radius 1 is 1.09 bits per heavy atom. The Morgan fingerprint density at radius 3 is 2.43 bits per heavy atom. The van der Waals surface area contributed by atoms with E-state index >= 15 is 0 Å². The van der Waals surface area contributed by atoms with Crippen molar-refractivity contribution < 1.29 is 18.0 Å². The zero-order chi connectivity index (χ0) is 16.8. The molecule has 1 aliphatic rings. The number of hydrogen-bond donors (Lipinski definition) is 1. The molecule has 0 saturated carbocycles. The summed E-state index contributed by atoms with van der Waals surface area (Å²) in [6.45, 7) is 0. The number of nitrogens with zero attached hydrogens (tertiary/aromatic N) is 1. The van der Waals surface area contributed by atoms with E-state index in [0.29, 0.717) is 10.6 Å². The number of hydrogen-bond acceptors (Lipinski definition) is 2. The number of carbonyl (C=O) groups excluding carboxylic acids is 1. The molecule has 1 aliphatic heterocycles. The SMILES string of the molecule is NC1C(=O)N(c2cccc(C(F)(F)F)c2)C1c1ccccc1Cl. The van der Waals surface area contributed by atoms with E-state index in [1.54, 1.807) is 24.3 Å². The van der Waals surface area contributed by atoms with Gasteiger partial charge in [0.15, 0.2) is 0 Å². The fourth-order valence-electron chi connectivity index (χ4n) is 2.68. The van der Waals surface area contributed by atoms with Crippen LogP contribution in [0.2, 0.25) is 5.02 Å². The van der Waals surface area contributed by atoms with Crippen LogP contribution >= 0.6 is 11.6 Å². The summed E-state index contributed by atoms with van der Waals surface area (Å²) in [5, 5.41) is 0.414. The summed E-state index contributed by atoms with van der Waals surface area (Å²) < 4.78 is 38.6. The Bertz CT molecular complexity index is 763. The van der Waals surface area contributed by atoms with Crippen LogP contribution in [-0.2, 0) is 11.0 Å². The Labute approximate surface area is 135 Å². The van der Waals surface area contributed by atoms with Gasteiger partial charge in [0.25, 0.3) is 0 Å². The van der Waals surface area contributed by atoms with E-state index in [0.717, 1.165) is 12.1 Å². The van der Waals surface area contributed by atoms with Gasteiger partial charge in [-0.1, -0.05) is 35.9 Å². The minimum absolute atomic E-state index is 0.149. The molecule has 0 radical (unpaired) electrons. The molecule has 0 bridgehead atoms. The minimum atomic E-state index is -4.48. The Balaban J connectivity index is 2.02. The lowest BCUT2D eigenvalue weighted by atomic mass is 9.88. The summed E-state index contributed by atoms with van der Waals surface area (Å²) in [4.78, 5) is 13.3. The molecule has 2 aromatic carbocycles. The number of nitrogens with two attached hydrogens (primary N) is 1. The first-order chi connectivity index (χ1) is 10.8. The van der Waals surface area contributed by atoms with Gasteiger partial charge >= 0.3 is 6.18 Å². The summed E-state index contributed by atoms with van der Waals surface area (Å²) in [5.41, 5.74) is 5.79. The molecule has 7 heteroatoms. The lowest BCUT2D eigenvalue weighted by Crippen LogP contribution is -2.63. The van der Waals surface area contributed by atoms with Crippen LogP contribution in [0.5, 0.6) is 0 Å². The second-order valence-corrected chi connectivity index (χ2v) is 5.66. The average Bonchev–Trinajstić information content (AvgIpc) is 2.52. The maximum absolute atomic E-state index is 12.9. The summed E-state index contributed by atoms with van der Waals surface area (Å²) in [5.74, 6) is -0.436. The van der Waals surface area contributed by atoms with Gasteiger partial charge in [-0.15, -0.1) is 0 Å². The van der Waals surface area contributed by atoms with Crippen molar-refractivity contribution >= 4 is 23.2 Å². The highest BCUT2D eigenvalue weighted by Gasteiger charge is 2.47. The summed E-state index contributed by atoms with van der Waals surface area (Å²) in [6, 6.07) is 10.0. The van der Waals surface area contributed by atoms with E-state index in [1.807, 2.05) is 0 Å². The lowest BCUT2D eigenvalue weighted by molar-refractivity contribution is -0.137. The first-order valence-corrected chi connectivity index (χ1v) is 7.19. The van der Waals surface area contributed by atoms with Crippen molar-refractivity contribution in [1.82, 2.24) is 0 Å². The third kappa shape index (κ3) is 2.68. The quantitative estimate of drug-likeness (QED) is 0.846. The van der Waals surface area contributed by atoms with E-state index in [9.17, 15) is 18.0 Å². The standard InChI is InChI=1S/C16H12ClF3N2O/c17-12-7-2-1-6-11(12)14-13(21)15(23)22(14)10-5-3-4-9(8-10)16(18,19)20/h1-8,13-14H,21H2. The van der Waals surface area contributed by atoms with Crippen molar-refractivity contribution in [1.29, 1.82) is 0 Å². The Hall–Kier alpha value is -2.05. The molecule has 2 aromatic rings. The second kappa shape index (κ2) is 5.54. The molecule has 0 aromatic heterocycles. The van der Waals surface area contributed by atoms with Crippen molar-refractivity contribution in [3.63, 3.8) is 0 Å². The molecule has 3 nitrogen and oxygen atoms in total. The van der Waals surface area contributed by atoms with Gasteiger partial charge in [-0.2, -0.15) is 13.2 Å². The van der Waals surface area contributed by atoms with E-state index < -0.39 is 29.7 Å². The number of carbonyl (C=O) groups is 1. The van der Waals surface area contributed by atoms with Gasteiger partial charge in [-0.05, 0) is 29.8 Å². The molecule has 1 heterocycles. The van der Waals surface area contributed by atoms with Crippen LogP contribution < -0.4 is 10.6 Å². The molecule has 3 rings (SSSR count). The zero-order valence-electron chi connectivity index (χ0n) is 11.7. The molecule has 0 aliphatic carbocycles. The predicted octanol–water partition coefficient (Wildman–Crippen LogP) is 3.77. The van der Waals surface area contributed by atoms with Crippen molar-refractivity contribution in [2.45, 2.75) is 18.3 Å². The molecular weight excluding hydrogens is 329 g/mol. The van der Waals surface area contributed by atoms with Gasteiger partial charge in [0, 0.05) is 10.7 Å². The van der Waals surface area contributed by atoms with Gasteiger partial charge < -0.3 is 10.6 Å². The van der Waals surface area contributed by atoms with E-state index in [4.69, 9.17) is 17.3 Å². The molecule has 23 heavy (non-hydrogen) atoms. The van der Waals surface area contributed by atoms with Crippen LogP contribution in [0.4, 0.5) is 18.9 Å². The number of benzene rings is 2. The van der Waals surface area contributed by atoms with Crippen LogP contribution in [0.1, 0.15) is 17.2 Å². The van der Waals surface area contributed by atoms with Crippen molar-refractivity contribution in [3.8, 4) is 0 Å². The van der Waals surface area contributed by atoms with Crippen molar-refractivity contribution in [2.24, 2.45) is 5.73 Å². The van der Waals surface area contributed by atoms with Crippen LogP contribution in [0.15, 0.2) is 48.5 Å². The van der Waals surface area contributed by atoms with E-state index in [2.05, 4.69) is 0 Å². The molecule has 2 N–H and O–H groups in total. The largest absolute Gasteiger partial charge is 0.416 e. The number of alkyl halides is 3. The molecule has 120 valence electrons. The smallest absolute Gasteiger partial charge is 0.318 e. The van der Waals surface area contributed by atoms with Crippen LogP contribution in [-0.4, -0.2) is 11.9 Å². The van der Waals surface area contributed by atoms with Crippen molar-refractivity contribution in [2.75, 3.05) is 4.90 Å². The average molecular weight is 341 g/mol. The van der Waals surface area contributed by atoms with Gasteiger partial charge in [-0.25, -0.2) is 0 Å². The molecule has 2 atom stereocenters. The Morgan fingerprint density at radius 2 is 1.78 bits per heavy atom. The first-order valence-electron chi connectivity index (χ1n) is 6.81. The van der Waals surface area contributed by atoms with Gasteiger partial charge in [0.05, 0.1) is 11.6 Å². The van der Waals surface area contributed by atoms with Gasteiger partial charge in [0.1, 0.15) is 6.04 Å². The van der Waals surface area contributed by atoms with Gasteiger partial charge in [0.2, 0.25) is 5.91 Å². The Kier molecular flexibility index (Phi) is 3.82. The lowest BCUT2D eigenvalue weighted by Gasteiger charge is -2.46. The fraction of sp³-hybridized carbons (Fsp3) is 0.188. The fourth-order valence-corrected chi connectivity index (χ4v) is 2.93. The predicted molar refractivity (Wildman–Crippen MR) is 81.1 cm³/mol. The third-order valence-corrected chi connectivity index (χ3v) is 4.16. The number of halogens is 4. The molecule has 1 fully saturated rings. The first kappa shape index (κ1) is 15.8. The minimum Gasteiger partial charge on any atom is -0.318 e. The van der Waals surface area contributed by atoms with Crippen molar-refractivity contribution in [3.05, 3.63) is 64.7 Å². The summed E-state index contributed by atoms with van der Waals surface area (Å²) >= 11 is 6.13. The molecular formula is C16H12ClF3N2O. The summed E-state index contributed by atoms with van der Waals surface area (Å²) in [6.07, 6.45) is -4.48. The highest BCUT2D eigenvalue weighted by atomic mass is 35.5. The van der Waals surface area contributed by atoms with E-state index in [-0.39, 0.29) is 5.69 Å². The number of anilines is 1. The van der Waals surface area contributed by atoms with Gasteiger partial charge in [-0.3, -0.25) is 4.79 Å². The second-order valence-electron chi connectivity index (χ2n) is 5.25. The third-order valence-electron chi connectivity index (χ3n) is 3.82. The normalized spacial score (nSPS) is 21.3. The van der Waals surface area contributed by atoms with Crippen LogP contribution in [0.3, 0.4) is 0 Å². The molecule has 2 unspecified atom stereocenters. The van der Waals surface area contributed by atoms with Crippen LogP contribution in [0, 0.1) is 0 Å². The molecule has 1 amide bonds. The maximum Gasteiger partial charge on any atom is 0.416 e. The highest BCUT2D eigenvalue weighted by Crippen LogP contribution is 2.42. The molecule has 1 saturated heterocycles. The maximum atomic E-state index is 12.9.